The fourth-order valence-electron chi connectivity index (χ4n) is 0.330. The first-order valence-corrected chi connectivity index (χ1v) is 2.98. The summed E-state index contributed by atoms with van der Waals surface area (Å²) in [4.78, 5) is 7.30. The topological polar surface area (TPSA) is 90.2 Å². The van der Waals surface area contributed by atoms with E-state index in [9.17, 15) is 0 Å². The Morgan fingerprint density at radius 2 is 2.44 bits per heavy atom. The van der Waals surface area contributed by atoms with Gasteiger partial charge in [-0.25, -0.2) is 4.98 Å². The largest absolute Gasteiger partial charge is 0.370 e. The van der Waals surface area contributed by atoms with Gasteiger partial charge in [0, 0.05) is 0 Å². The van der Waals surface area contributed by atoms with Crippen molar-refractivity contribution in [1.29, 1.82) is 0 Å². The maximum absolute atomic E-state index is 5.04. The summed E-state index contributed by atoms with van der Waals surface area (Å²) in [7, 11) is 0. The van der Waals surface area contributed by atoms with Crippen LogP contribution in [0, 0.1) is 0 Å². The number of hydrogen-bond donors (Lipinski definition) is 2. The van der Waals surface area contributed by atoms with Crippen LogP contribution < -0.4 is 11.5 Å². The molecule has 0 aliphatic heterocycles. The Kier molecular flexibility index (Phi) is 1.59. The molecule has 1 aromatic heterocycles. The normalized spacial score (nSPS) is 8.89. The summed E-state index contributed by atoms with van der Waals surface area (Å²) >= 11 is 1.20. The molecule has 1 aromatic rings. The third kappa shape index (κ3) is 1.65. The van der Waals surface area contributed by atoms with Crippen molar-refractivity contribution in [1.82, 2.24) is 9.36 Å². The highest BCUT2D eigenvalue weighted by molar-refractivity contribution is 7.03. The van der Waals surface area contributed by atoms with E-state index in [-0.39, 0.29) is 5.96 Å². The lowest BCUT2D eigenvalue weighted by atomic mass is 11.0. The molecule has 48 valence electrons. The quantitative estimate of drug-likeness (QED) is 0.407. The van der Waals surface area contributed by atoms with Gasteiger partial charge in [-0.3, -0.25) is 0 Å². The van der Waals surface area contributed by atoms with Crippen molar-refractivity contribution < 1.29 is 0 Å². The monoisotopic (exact) mass is 143 g/mol. The Morgan fingerprint density at radius 3 is 2.89 bits per heavy atom. The summed E-state index contributed by atoms with van der Waals surface area (Å²) in [6.07, 6.45) is 0. The van der Waals surface area contributed by atoms with Crippen molar-refractivity contribution in [2.24, 2.45) is 16.5 Å². The van der Waals surface area contributed by atoms with E-state index in [0.717, 1.165) is 0 Å². The minimum absolute atomic E-state index is 0.0200. The van der Waals surface area contributed by atoms with Crippen LogP contribution in [0.3, 0.4) is 0 Å². The number of aromatic nitrogens is 2. The Morgan fingerprint density at radius 1 is 1.67 bits per heavy atom. The van der Waals surface area contributed by atoms with Crippen LogP contribution >= 0.6 is 11.5 Å². The van der Waals surface area contributed by atoms with Crippen LogP contribution in [-0.2, 0) is 0 Å². The molecule has 0 spiro atoms. The van der Waals surface area contributed by atoms with E-state index in [0.29, 0.717) is 5.95 Å². The molecule has 0 amide bonds. The fraction of sp³-hybridized carbons (Fsp3) is 0. The first-order chi connectivity index (χ1) is 4.29. The second kappa shape index (κ2) is 2.40. The van der Waals surface area contributed by atoms with Crippen LogP contribution in [0.2, 0.25) is 0 Å². The Bertz CT molecular complexity index is 198. The van der Waals surface area contributed by atoms with Crippen molar-refractivity contribution >= 4 is 23.4 Å². The van der Waals surface area contributed by atoms with Gasteiger partial charge < -0.3 is 11.5 Å². The van der Waals surface area contributed by atoms with Gasteiger partial charge in [-0.15, -0.1) is 0 Å². The summed E-state index contributed by atoms with van der Waals surface area (Å²) in [5.74, 6) is 0.299. The van der Waals surface area contributed by atoms with Crippen molar-refractivity contribution in [3.05, 3.63) is 5.51 Å². The lowest BCUT2D eigenvalue weighted by Gasteiger charge is -1.83. The van der Waals surface area contributed by atoms with Gasteiger partial charge in [0.15, 0.2) is 5.96 Å². The molecule has 0 bridgehead atoms. The summed E-state index contributed by atoms with van der Waals surface area (Å²) < 4.78 is 3.74. The van der Waals surface area contributed by atoms with Crippen molar-refractivity contribution in [3.63, 3.8) is 0 Å². The molecule has 0 aliphatic carbocycles. The zero-order valence-electron chi connectivity index (χ0n) is 4.48. The average Bonchev–Trinajstić information content (AvgIpc) is 2.15. The number of nitrogens with zero attached hydrogens (tertiary/aromatic N) is 3. The second-order valence-corrected chi connectivity index (χ2v) is 1.87. The standard InChI is InChI=1S/C3H5N5S/c4-2(5)7-3-6-1-9-8-3/h1H,(H4,4,5,7,8). The molecular formula is C3H5N5S. The van der Waals surface area contributed by atoms with Crippen LogP contribution in [-0.4, -0.2) is 15.3 Å². The molecule has 4 N–H and O–H groups in total. The summed E-state index contributed by atoms with van der Waals surface area (Å²) in [6, 6.07) is 0. The molecule has 0 fully saturated rings. The predicted molar refractivity (Wildman–Crippen MR) is 35.4 cm³/mol. The third-order valence-electron chi connectivity index (χ3n) is 0.579. The molecule has 5 nitrogen and oxygen atoms in total. The van der Waals surface area contributed by atoms with E-state index >= 15 is 0 Å². The van der Waals surface area contributed by atoms with Crippen LogP contribution in [0.5, 0.6) is 0 Å². The molecule has 0 unspecified atom stereocenters. The van der Waals surface area contributed by atoms with Gasteiger partial charge in [-0.2, -0.15) is 9.37 Å². The summed E-state index contributed by atoms with van der Waals surface area (Å²) in [5.41, 5.74) is 11.6. The number of guanidine groups is 1. The van der Waals surface area contributed by atoms with E-state index in [1.165, 1.54) is 11.5 Å². The SMILES string of the molecule is NC(N)=Nc1ncsn1. The third-order valence-corrected chi connectivity index (χ3v) is 1.05. The van der Waals surface area contributed by atoms with Crippen molar-refractivity contribution in [2.75, 3.05) is 0 Å². The number of aliphatic imine (C=N–C) groups is 1. The van der Waals surface area contributed by atoms with Crippen LogP contribution in [0.1, 0.15) is 0 Å². The van der Waals surface area contributed by atoms with E-state index in [1.54, 1.807) is 5.51 Å². The van der Waals surface area contributed by atoms with Gasteiger partial charge in [0.25, 0.3) is 5.95 Å². The molecular weight excluding hydrogens is 138 g/mol. The molecule has 0 aliphatic rings. The molecule has 0 atom stereocenters. The molecule has 9 heavy (non-hydrogen) atoms. The van der Waals surface area contributed by atoms with Crippen molar-refractivity contribution in [3.8, 4) is 0 Å². The summed E-state index contributed by atoms with van der Waals surface area (Å²) in [5, 5.41) is 0. The second-order valence-electron chi connectivity index (χ2n) is 1.27. The maximum Gasteiger partial charge on any atom is 0.264 e. The van der Waals surface area contributed by atoms with Crippen LogP contribution in [0.4, 0.5) is 5.95 Å². The molecule has 1 heterocycles. The highest BCUT2D eigenvalue weighted by Crippen LogP contribution is 2.02. The summed E-state index contributed by atoms with van der Waals surface area (Å²) in [6.45, 7) is 0. The Labute approximate surface area is 55.6 Å². The van der Waals surface area contributed by atoms with E-state index in [1.807, 2.05) is 0 Å². The number of nitrogens with two attached hydrogens (primary N) is 2. The predicted octanol–water partition coefficient (Wildman–Crippen LogP) is -0.557. The molecule has 0 radical (unpaired) electrons. The maximum atomic E-state index is 5.04. The number of rotatable bonds is 1. The van der Waals surface area contributed by atoms with Gasteiger partial charge in [-0.05, 0) is 11.5 Å². The van der Waals surface area contributed by atoms with Crippen LogP contribution in [0.15, 0.2) is 10.5 Å². The lowest BCUT2D eigenvalue weighted by molar-refractivity contribution is 1.24. The van der Waals surface area contributed by atoms with E-state index in [2.05, 4.69) is 14.3 Å². The molecule has 1 rings (SSSR count). The van der Waals surface area contributed by atoms with Gasteiger partial charge in [0.05, 0.1) is 0 Å². The fourth-order valence-corrected chi connectivity index (χ4v) is 0.701. The van der Waals surface area contributed by atoms with Gasteiger partial charge in [0.1, 0.15) is 5.51 Å². The molecule has 6 heteroatoms. The first kappa shape index (κ1) is 5.96. The zero-order chi connectivity index (χ0) is 6.69. The van der Waals surface area contributed by atoms with Gasteiger partial charge in [0.2, 0.25) is 0 Å². The average molecular weight is 143 g/mol. The number of hydrogen-bond acceptors (Lipinski definition) is 4. The molecule has 0 aromatic carbocycles. The van der Waals surface area contributed by atoms with Gasteiger partial charge >= 0.3 is 0 Å². The highest BCUT2D eigenvalue weighted by atomic mass is 32.1. The van der Waals surface area contributed by atoms with Gasteiger partial charge in [-0.1, -0.05) is 0 Å². The first-order valence-electron chi connectivity index (χ1n) is 2.15. The minimum Gasteiger partial charge on any atom is -0.370 e. The minimum atomic E-state index is -0.0200. The molecule has 0 saturated heterocycles. The van der Waals surface area contributed by atoms with Crippen molar-refractivity contribution in [2.45, 2.75) is 0 Å². The smallest absolute Gasteiger partial charge is 0.264 e. The van der Waals surface area contributed by atoms with E-state index in [4.69, 9.17) is 11.5 Å². The highest BCUT2D eigenvalue weighted by Gasteiger charge is 1.89. The zero-order valence-corrected chi connectivity index (χ0v) is 5.30. The van der Waals surface area contributed by atoms with E-state index < -0.39 is 0 Å². The molecule has 0 saturated carbocycles. The Hall–Kier alpha value is -1.17. The van der Waals surface area contributed by atoms with Crippen LogP contribution in [0.25, 0.3) is 0 Å². The Balaban J connectivity index is 2.80. The lowest BCUT2D eigenvalue weighted by Crippen LogP contribution is -2.22.